The van der Waals surface area contributed by atoms with E-state index in [2.05, 4.69) is 0 Å². The van der Waals surface area contributed by atoms with Gasteiger partial charge in [0.05, 0.1) is 5.57 Å². The zero-order valence-corrected chi connectivity index (χ0v) is 21.2. The molecule has 8 nitrogen and oxygen atoms in total. The molecule has 0 aromatic heterocycles. The van der Waals surface area contributed by atoms with Gasteiger partial charge in [-0.15, -0.1) is 0 Å². The number of carbonyl (C=O) groups excluding carboxylic acids is 4. The van der Waals surface area contributed by atoms with Crippen molar-refractivity contribution in [3.8, 4) is 0 Å². The SMILES string of the molecule is C/C=C/C=C/C(=O)[C@@H]1[C@@H]([C@]2(C)OC(=O)C(C)=C2O)C2\C(=C(O)/C=C/C=C/C)C(=O)[C@]1(C)C(=O)[C@@]2(C)O. The van der Waals surface area contributed by atoms with Gasteiger partial charge in [0.15, 0.2) is 23.0 Å². The topological polar surface area (TPSA) is 138 Å². The van der Waals surface area contributed by atoms with Crippen LogP contribution in [0.5, 0.6) is 0 Å². The highest BCUT2D eigenvalue weighted by Gasteiger charge is 2.77. The molecule has 3 saturated carbocycles. The smallest absolute Gasteiger partial charge is 0.338 e. The molecule has 3 N–H and O–H groups in total. The minimum Gasteiger partial charge on any atom is -0.508 e. The second-order valence-corrected chi connectivity index (χ2v) is 9.93. The van der Waals surface area contributed by atoms with Crippen molar-refractivity contribution in [2.75, 3.05) is 0 Å². The summed E-state index contributed by atoms with van der Waals surface area (Å²) in [6.45, 7) is 8.72. The maximum atomic E-state index is 13.8. The highest BCUT2D eigenvalue weighted by atomic mass is 16.6. The minimum atomic E-state index is -2.22. The number of allylic oxidation sites excluding steroid dienone is 8. The summed E-state index contributed by atoms with van der Waals surface area (Å²) in [5, 5.41) is 33.5. The summed E-state index contributed by atoms with van der Waals surface area (Å²) < 4.78 is 5.59. The van der Waals surface area contributed by atoms with Gasteiger partial charge in [0.1, 0.15) is 22.5 Å². The van der Waals surface area contributed by atoms with Gasteiger partial charge in [0, 0.05) is 23.3 Å². The van der Waals surface area contributed by atoms with E-state index >= 15 is 0 Å². The lowest BCUT2D eigenvalue weighted by Crippen LogP contribution is -2.75. The molecule has 0 saturated heterocycles. The molecule has 1 heterocycles. The minimum absolute atomic E-state index is 0.0835. The number of ketones is 3. The third-order valence-corrected chi connectivity index (χ3v) is 7.68. The Morgan fingerprint density at radius 3 is 2.03 bits per heavy atom. The van der Waals surface area contributed by atoms with Crippen molar-refractivity contribution in [1.82, 2.24) is 0 Å². The number of aliphatic hydroxyl groups is 3. The van der Waals surface area contributed by atoms with E-state index in [9.17, 15) is 34.5 Å². The fraction of sp³-hybridized carbons (Fsp3) is 0.429. The summed E-state index contributed by atoms with van der Waals surface area (Å²) in [7, 11) is 0. The fourth-order valence-corrected chi connectivity index (χ4v) is 5.93. The van der Waals surface area contributed by atoms with Crippen LogP contribution in [-0.2, 0) is 23.9 Å². The second-order valence-electron chi connectivity index (χ2n) is 9.93. The van der Waals surface area contributed by atoms with Gasteiger partial charge >= 0.3 is 5.97 Å². The number of hydrogen-bond donors (Lipinski definition) is 3. The second kappa shape index (κ2) is 9.17. The number of hydrogen-bond acceptors (Lipinski definition) is 8. The van der Waals surface area contributed by atoms with Gasteiger partial charge in [-0.05, 0) is 53.7 Å². The lowest BCUT2D eigenvalue weighted by molar-refractivity contribution is -0.203. The van der Waals surface area contributed by atoms with Crippen molar-refractivity contribution < 1.29 is 39.2 Å². The normalized spacial score (nSPS) is 38.4. The fourth-order valence-electron chi connectivity index (χ4n) is 5.93. The summed E-state index contributed by atoms with van der Waals surface area (Å²) in [4.78, 5) is 53.5. The molecule has 3 fully saturated rings. The van der Waals surface area contributed by atoms with Gasteiger partial charge in [0.25, 0.3) is 0 Å². The highest BCUT2D eigenvalue weighted by Crippen LogP contribution is 2.64. The lowest BCUT2D eigenvalue weighted by Gasteiger charge is -2.60. The molecule has 0 aromatic carbocycles. The molecule has 0 radical (unpaired) electrons. The molecule has 8 heteroatoms. The van der Waals surface area contributed by atoms with E-state index in [0.29, 0.717) is 0 Å². The Bertz CT molecular complexity index is 1210. The Kier molecular flexibility index (Phi) is 6.89. The van der Waals surface area contributed by atoms with E-state index in [1.54, 1.807) is 38.2 Å². The summed E-state index contributed by atoms with van der Waals surface area (Å²) in [5.74, 6) is -8.17. The number of rotatable bonds is 6. The predicted octanol–water partition coefficient (Wildman–Crippen LogP) is 3.55. The zero-order valence-electron chi connectivity index (χ0n) is 21.2. The Labute approximate surface area is 210 Å². The third-order valence-electron chi connectivity index (χ3n) is 7.68. The van der Waals surface area contributed by atoms with Crippen LogP contribution in [0.4, 0.5) is 0 Å². The molecular weight excluding hydrogens is 464 g/mol. The van der Waals surface area contributed by atoms with Gasteiger partial charge in [-0.1, -0.05) is 36.5 Å². The monoisotopic (exact) mass is 496 g/mol. The van der Waals surface area contributed by atoms with Crippen LogP contribution in [0, 0.1) is 23.2 Å². The van der Waals surface area contributed by atoms with Crippen molar-refractivity contribution in [1.29, 1.82) is 0 Å². The zero-order chi connectivity index (χ0) is 27.2. The number of carbonyl (C=O) groups is 4. The van der Waals surface area contributed by atoms with Crippen molar-refractivity contribution >= 4 is 23.3 Å². The van der Waals surface area contributed by atoms with Gasteiger partial charge < -0.3 is 20.1 Å². The van der Waals surface area contributed by atoms with Gasteiger partial charge in [-0.3, -0.25) is 14.4 Å². The molecule has 192 valence electrons. The summed E-state index contributed by atoms with van der Waals surface area (Å²) in [6.07, 6.45) is 12.0. The molecule has 0 amide bonds. The van der Waals surface area contributed by atoms with Crippen molar-refractivity contribution in [2.24, 2.45) is 23.2 Å². The Hall–Kier alpha value is -3.52. The average molecular weight is 497 g/mol. The third kappa shape index (κ3) is 3.63. The molecule has 3 aliphatic carbocycles. The largest absolute Gasteiger partial charge is 0.508 e. The van der Waals surface area contributed by atoms with E-state index in [1.165, 1.54) is 52.0 Å². The first kappa shape index (κ1) is 27.1. The quantitative estimate of drug-likeness (QED) is 0.167. The van der Waals surface area contributed by atoms with Gasteiger partial charge in [-0.25, -0.2) is 4.79 Å². The van der Waals surface area contributed by atoms with Crippen LogP contribution in [0.15, 0.2) is 71.3 Å². The number of Topliss-reactive ketones (excluding diaryl/α,β-unsaturated/α-hetero) is 2. The van der Waals surface area contributed by atoms with E-state index in [1.807, 2.05) is 0 Å². The van der Waals surface area contributed by atoms with Crippen molar-refractivity contribution in [3.63, 3.8) is 0 Å². The lowest BCUT2D eigenvalue weighted by atomic mass is 9.40. The molecule has 1 unspecified atom stereocenters. The van der Waals surface area contributed by atoms with Crippen LogP contribution in [0.3, 0.4) is 0 Å². The standard InChI is InChI=1S/C28H32O8/c1-7-9-11-13-16(29)18-20-21(28(6)22(31)15(3)24(33)36-28)19(17(30)14-12-10-8-2)26(4,23(18)32)25(34)27(20,5)35/h7-14,19-21,29,31,35H,1-6H3/b9-7+,10-8+,13-11+,14-12+,18-16-/t19-,20?,21-,26-,27+,28+/m1/s1. The summed E-state index contributed by atoms with van der Waals surface area (Å²) in [5.41, 5.74) is -6.53. The molecule has 2 bridgehead atoms. The van der Waals surface area contributed by atoms with Crippen LogP contribution < -0.4 is 0 Å². The van der Waals surface area contributed by atoms with E-state index in [-0.39, 0.29) is 11.1 Å². The first-order valence-corrected chi connectivity index (χ1v) is 11.7. The molecule has 4 aliphatic rings. The molecule has 1 aliphatic heterocycles. The van der Waals surface area contributed by atoms with Crippen LogP contribution in [-0.4, -0.2) is 49.8 Å². The van der Waals surface area contributed by atoms with E-state index in [4.69, 9.17) is 4.74 Å². The number of esters is 1. The van der Waals surface area contributed by atoms with Crippen molar-refractivity contribution in [2.45, 2.75) is 52.7 Å². The van der Waals surface area contributed by atoms with Gasteiger partial charge in [0.2, 0.25) is 0 Å². The maximum absolute atomic E-state index is 13.8. The molecule has 0 spiro atoms. The molecule has 6 atom stereocenters. The molecule has 0 aromatic rings. The highest BCUT2D eigenvalue weighted by molar-refractivity contribution is 6.24. The summed E-state index contributed by atoms with van der Waals surface area (Å²) in [6, 6.07) is 0. The number of ether oxygens (including phenoxy) is 1. The molecule has 4 rings (SSSR count). The average Bonchev–Trinajstić information content (AvgIpc) is 3.01. The van der Waals surface area contributed by atoms with E-state index < -0.39 is 69.2 Å². The summed E-state index contributed by atoms with van der Waals surface area (Å²) >= 11 is 0. The molecular formula is C28H32O8. The van der Waals surface area contributed by atoms with Crippen LogP contribution in [0.2, 0.25) is 0 Å². The van der Waals surface area contributed by atoms with Crippen molar-refractivity contribution in [3.05, 3.63) is 71.3 Å². The first-order chi connectivity index (χ1) is 16.7. The van der Waals surface area contributed by atoms with E-state index in [0.717, 1.165) is 0 Å². The van der Waals surface area contributed by atoms with Gasteiger partial charge in [-0.2, -0.15) is 0 Å². The number of cyclic esters (lactones) is 1. The number of fused-ring (bicyclic) bond motifs is 3. The Morgan fingerprint density at radius 1 is 0.972 bits per heavy atom. The maximum Gasteiger partial charge on any atom is 0.338 e. The number of aliphatic hydroxyl groups excluding tert-OH is 2. The van der Waals surface area contributed by atoms with Crippen LogP contribution >= 0.6 is 0 Å². The Morgan fingerprint density at radius 2 is 1.53 bits per heavy atom. The predicted molar refractivity (Wildman–Crippen MR) is 132 cm³/mol. The first-order valence-electron chi connectivity index (χ1n) is 11.7. The van der Waals surface area contributed by atoms with Crippen LogP contribution in [0.25, 0.3) is 0 Å². The Balaban J connectivity index is 2.41. The van der Waals surface area contributed by atoms with Crippen LogP contribution in [0.1, 0.15) is 41.5 Å². The molecule has 36 heavy (non-hydrogen) atoms.